The molecule has 2 unspecified atom stereocenters. The van der Waals surface area contributed by atoms with Crippen molar-refractivity contribution in [1.29, 1.82) is 0 Å². The number of rotatable bonds is 2. The largest absolute Gasteiger partial charge is 0.397 e. The van der Waals surface area contributed by atoms with Crippen LogP contribution >= 0.6 is 0 Å². The van der Waals surface area contributed by atoms with Crippen molar-refractivity contribution in [1.82, 2.24) is 0 Å². The van der Waals surface area contributed by atoms with E-state index in [2.05, 4.69) is 5.32 Å². The third-order valence-corrected chi connectivity index (χ3v) is 3.08. The van der Waals surface area contributed by atoms with Gasteiger partial charge in [0.1, 0.15) is 6.10 Å². The van der Waals surface area contributed by atoms with E-state index in [0.717, 1.165) is 18.4 Å². The van der Waals surface area contributed by atoms with Gasteiger partial charge in [-0.1, -0.05) is 12.1 Å². The first kappa shape index (κ1) is 11.9. The van der Waals surface area contributed by atoms with E-state index in [-0.39, 0.29) is 18.1 Å². The van der Waals surface area contributed by atoms with E-state index in [9.17, 15) is 4.79 Å². The number of hydrogen-bond donors (Lipinski definition) is 2. The molecular formula is C13H18N2O2. The second-order valence-electron chi connectivity index (χ2n) is 4.54. The van der Waals surface area contributed by atoms with Gasteiger partial charge in [0, 0.05) is 0 Å². The maximum Gasteiger partial charge on any atom is 0.253 e. The molecule has 1 aliphatic rings. The van der Waals surface area contributed by atoms with Crippen LogP contribution in [0.15, 0.2) is 18.2 Å². The van der Waals surface area contributed by atoms with Crippen molar-refractivity contribution in [2.24, 2.45) is 0 Å². The Labute approximate surface area is 101 Å². The molecule has 1 aromatic rings. The zero-order chi connectivity index (χ0) is 12.4. The summed E-state index contributed by atoms with van der Waals surface area (Å²) in [6, 6.07) is 5.57. The normalized spacial score (nSPS) is 23.6. The highest BCUT2D eigenvalue weighted by Gasteiger charge is 2.28. The van der Waals surface area contributed by atoms with Gasteiger partial charge in [0.15, 0.2) is 0 Å². The van der Waals surface area contributed by atoms with E-state index >= 15 is 0 Å². The molecule has 4 nitrogen and oxygen atoms in total. The standard InChI is InChI=1S/C13H18N2O2/c1-8-4-3-5-10(14)12(8)15-13(16)11-7-6-9(2)17-11/h3-5,9,11H,6-7,14H2,1-2H3,(H,15,16). The summed E-state index contributed by atoms with van der Waals surface area (Å²) in [6.07, 6.45) is 1.53. The lowest BCUT2D eigenvalue weighted by molar-refractivity contribution is -0.126. The summed E-state index contributed by atoms with van der Waals surface area (Å²) >= 11 is 0. The van der Waals surface area contributed by atoms with Gasteiger partial charge in [0.2, 0.25) is 0 Å². The van der Waals surface area contributed by atoms with Gasteiger partial charge in [0.25, 0.3) is 5.91 Å². The monoisotopic (exact) mass is 234 g/mol. The Hall–Kier alpha value is -1.55. The average Bonchev–Trinajstić information content (AvgIpc) is 2.70. The van der Waals surface area contributed by atoms with Crippen LogP contribution in [0, 0.1) is 6.92 Å². The number of amides is 1. The molecule has 1 aromatic carbocycles. The van der Waals surface area contributed by atoms with Gasteiger partial charge in [-0.25, -0.2) is 0 Å². The Bertz CT molecular complexity index is 411. The van der Waals surface area contributed by atoms with Crippen LogP contribution < -0.4 is 11.1 Å². The van der Waals surface area contributed by atoms with E-state index in [1.807, 2.05) is 26.0 Å². The predicted molar refractivity (Wildman–Crippen MR) is 67.8 cm³/mol. The summed E-state index contributed by atoms with van der Waals surface area (Å²) in [4.78, 5) is 12.0. The molecule has 0 radical (unpaired) electrons. The van der Waals surface area contributed by atoms with Crippen molar-refractivity contribution in [3.63, 3.8) is 0 Å². The molecular weight excluding hydrogens is 216 g/mol. The zero-order valence-electron chi connectivity index (χ0n) is 10.2. The summed E-state index contributed by atoms with van der Waals surface area (Å²) in [5.41, 5.74) is 8.08. The van der Waals surface area contributed by atoms with E-state index in [4.69, 9.17) is 10.5 Å². The maximum atomic E-state index is 12.0. The molecule has 3 N–H and O–H groups in total. The summed E-state index contributed by atoms with van der Waals surface area (Å²) in [6.45, 7) is 3.90. The Morgan fingerprint density at radius 3 is 2.82 bits per heavy atom. The molecule has 0 aromatic heterocycles. The van der Waals surface area contributed by atoms with Crippen LogP contribution in [0.2, 0.25) is 0 Å². The minimum absolute atomic E-state index is 0.102. The van der Waals surface area contributed by atoms with E-state index in [1.165, 1.54) is 0 Å². The van der Waals surface area contributed by atoms with E-state index in [0.29, 0.717) is 11.4 Å². The number of aryl methyl sites for hydroxylation is 1. The van der Waals surface area contributed by atoms with Crippen LogP contribution in [0.3, 0.4) is 0 Å². The fraction of sp³-hybridized carbons (Fsp3) is 0.462. The summed E-state index contributed by atoms with van der Waals surface area (Å²) in [5.74, 6) is -0.102. The van der Waals surface area contributed by atoms with E-state index < -0.39 is 0 Å². The molecule has 2 atom stereocenters. The van der Waals surface area contributed by atoms with Crippen LogP contribution in [-0.4, -0.2) is 18.1 Å². The molecule has 1 heterocycles. The Balaban J connectivity index is 2.08. The highest BCUT2D eigenvalue weighted by atomic mass is 16.5. The second-order valence-corrected chi connectivity index (χ2v) is 4.54. The van der Waals surface area contributed by atoms with Crippen LogP contribution in [0.4, 0.5) is 11.4 Å². The molecule has 1 amide bonds. The third kappa shape index (κ3) is 2.58. The van der Waals surface area contributed by atoms with Crippen molar-refractivity contribution in [3.8, 4) is 0 Å². The van der Waals surface area contributed by atoms with Crippen molar-refractivity contribution in [2.75, 3.05) is 11.1 Å². The first-order valence-corrected chi connectivity index (χ1v) is 5.89. The Morgan fingerprint density at radius 2 is 2.24 bits per heavy atom. The number of nitrogens with one attached hydrogen (secondary N) is 1. The summed E-state index contributed by atoms with van der Waals surface area (Å²) in [7, 11) is 0. The predicted octanol–water partition coefficient (Wildman–Crippen LogP) is 2.08. The minimum atomic E-state index is -0.344. The minimum Gasteiger partial charge on any atom is -0.397 e. The van der Waals surface area contributed by atoms with Gasteiger partial charge in [0.05, 0.1) is 17.5 Å². The van der Waals surface area contributed by atoms with Gasteiger partial charge in [-0.15, -0.1) is 0 Å². The molecule has 0 spiro atoms. The molecule has 4 heteroatoms. The number of para-hydroxylation sites is 1. The number of ether oxygens (including phenoxy) is 1. The fourth-order valence-corrected chi connectivity index (χ4v) is 2.06. The van der Waals surface area contributed by atoms with Gasteiger partial charge in [-0.05, 0) is 38.3 Å². The van der Waals surface area contributed by atoms with E-state index in [1.54, 1.807) is 6.07 Å². The smallest absolute Gasteiger partial charge is 0.253 e. The highest BCUT2D eigenvalue weighted by molar-refractivity contribution is 5.97. The van der Waals surface area contributed by atoms with Crippen LogP contribution in [0.1, 0.15) is 25.3 Å². The van der Waals surface area contributed by atoms with Crippen LogP contribution in [-0.2, 0) is 9.53 Å². The van der Waals surface area contributed by atoms with Crippen LogP contribution in [0.25, 0.3) is 0 Å². The second kappa shape index (κ2) is 4.75. The highest BCUT2D eigenvalue weighted by Crippen LogP contribution is 2.25. The molecule has 2 rings (SSSR count). The lowest BCUT2D eigenvalue weighted by Crippen LogP contribution is -2.28. The van der Waals surface area contributed by atoms with Crippen molar-refractivity contribution < 1.29 is 9.53 Å². The number of carbonyl (C=O) groups excluding carboxylic acids is 1. The lowest BCUT2D eigenvalue weighted by Gasteiger charge is -2.14. The SMILES string of the molecule is Cc1cccc(N)c1NC(=O)C1CCC(C)O1. The molecule has 0 saturated carbocycles. The molecule has 92 valence electrons. The van der Waals surface area contributed by atoms with Gasteiger partial charge >= 0.3 is 0 Å². The van der Waals surface area contributed by atoms with Gasteiger partial charge < -0.3 is 15.8 Å². The number of nitrogen functional groups attached to an aromatic ring is 1. The third-order valence-electron chi connectivity index (χ3n) is 3.08. The first-order valence-electron chi connectivity index (χ1n) is 5.89. The fourth-order valence-electron chi connectivity index (χ4n) is 2.06. The average molecular weight is 234 g/mol. The quantitative estimate of drug-likeness (QED) is 0.770. The molecule has 0 aliphatic carbocycles. The number of hydrogen-bond acceptors (Lipinski definition) is 3. The van der Waals surface area contributed by atoms with Crippen LogP contribution in [0.5, 0.6) is 0 Å². The molecule has 0 bridgehead atoms. The topological polar surface area (TPSA) is 64.3 Å². The Kier molecular flexibility index (Phi) is 3.33. The van der Waals surface area contributed by atoms with Crippen molar-refractivity contribution in [3.05, 3.63) is 23.8 Å². The number of benzene rings is 1. The maximum absolute atomic E-state index is 12.0. The Morgan fingerprint density at radius 1 is 1.47 bits per heavy atom. The summed E-state index contributed by atoms with van der Waals surface area (Å²) in [5, 5.41) is 2.85. The first-order chi connectivity index (χ1) is 8.08. The zero-order valence-corrected chi connectivity index (χ0v) is 10.2. The van der Waals surface area contributed by atoms with Crippen molar-refractivity contribution in [2.45, 2.75) is 38.9 Å². The van der Waals surface area contributed by atoms with Gasteiger partial charge in [-0.2, -0.15) is 0 Å². The molecule has 1 saturated heterocycles. The summed E-state index contributed by atoms with van der Waals surface area (Å²) < 4.78 is 5.52. The number of carbonyl (C=O) groups is 1. The molecule has 17 heavy (non-hydrogen) atoms. The molecule has 1 fully saturated rings. The van der Waals surface area contributed by atoms with Gasteiger partial charge in [-0.3, -0.25) is 4.79 Å². The number of anilines is 2. The lowest BCUT2D eigenvalue weighted by atomic mass is 10.1. The number of nitrogens with two attached hydrogens (primary N) is 1. The van der Waals surface area contributed by atoms with Crippen molar-refractivity contribution >= 4 is 17.3 Å². The molecule has 1 aliphatic heterocycles.